The van der Waals surface area contributed by atoms with Gasteiger partial charge in [0.2, 0.25) is 0 Å². The third-order valence-electron chi connectivity index (χ3n) is 2.73. The quantitative estimate of drug-likeness (QED) is 0.632. The van der Waals surface area contributed by atoms with E-state index in [1.807, 2.05) is 12.1 Å². The van der Waals surface area contributed by atoms with E-state index < -0.39 is 0 Å². The summed E-state index contributed by atoms with van der Waals surface area (Å²) in [5.41, 5.74) is 4.66. The van der Waals surface area contributed by atoms with E-state index in [1.165, 1.54) is 6.07 Å². The Morgan fingerprint density at radius 1 is 1.33 bits per heavy atom. The summed E-state index contributed by atoms with van der Waals surface area (Å²) in [5, 5.41) is 0.751. The molecule has 0 spiro atoms. The molecule has 0 unspecified atom stereocenters. The molecule has 2 aromatic rings. The van der Waals surface area contributed by atoms with Crippen LogP contribution in [0.5, 0.6) is 0 Å². The van der Waals surface area contributed by atoms with Crippen LogP contribution in [-0.2, 0) is 6.42 Å². The minimum Gasteiger partial charge on any atom is -0.322 e. The molecule has 0 aliphatic rings. The van der Waals surface area contributed by atoms with Gasteiger partial charge >= 0.3 is 0 Å². The lowest BCUT2D eigenvalue weighted by atomic mass is 9.89. The number of aromatic nitrogens is 1. The van der Waals surface area contributed by atoms with Gasteiger partial charge < -0.3 is 5.43 Å². The highest BCUT2D eigenvalue weighted by Gasteiger charge is 2.16. The largest absolute Gasteiger partial charge is 0.322 e. The maximum Gasteiger partial charge on any atom is 0.149 e. The van der Waals surface area contributed by atoms with Crippen molar-refractivity contribution in [3.05, 3.63) is 35.8 Å². The topological polar surface area (TPSA) is 50.9 Å². The van der Waals surface area contributed by atoms with Gasteiger partial charge in [-0.2, -0.15) is 0 Å². The molecule has 0 fully saturated rings. The fourth-order valence-corrected chi connectivity index (χ4v) is 1.96. The number of anilines is 1. The van der Waals surface area contributed by atoms with Crippen molar-refractivity contribution in [3.63, 3.8) is 0 Å². The number of fused-ring (bicyclic) bond motifs is 1. The number of para-hydroxylation sites is 1. The van der Waals surface area contributed by atoms with Crippen LogP contribution < -0.4 is 11.3 Å². The van der Waals surface area contributed by atoms with E-state index in [0.29, 0.717) is 5.52 Å². The third-order valence-corrected chi connectivity index (χ3v) is 2.73. The summed E-state index contributed by atoms with van der Waals surface area (Å²) in [6, 6.07) is 6.76. The minimum atomic E-state index is -0.300. The third kappa shape index (κ3) is 2.59. The van der Waals surface area contributed by atoms with Crippen molar-refractivity contribution in [2.24, 2.45) is 11.3 Å². The monoisotopic (exact) mass is 247 g/mol. The first-order chi connectivity index (χ1) is 8.40. The van der Waals surface area contributed by atoms with Gasteiger partial charge in [0.15, 0.2) is 0 Å². The molecular formula is C14H18FN3. The molecule has 4 heteroatoms. The summed E-state index contributed by atoms with van der Waals surface area (Å²) in [4.78, 5) is 4.41. The zero-order valence-corrected chi connectivity index (χ0v) is 10.9. The molecule has 96 valence electrons. The van der Waals surface area contributed by atoms with E-state index in [-0.39, 0.29) is 11.2 Å². The van der Waals surface area contributed by atoms with Crippen molar-refractivity contribution in [2.45, 2.75) is 27.2 Å². The fraction of sp³-hybridized carbons (Fsp3) is 0.357. The summed E-state index contributed by atoms with van der Waals surface area (Å²) in [6.07, 6.45) is 0.733. The van der Waals surface area contributed by atoms with Crippen LogP contribution in [-0.4, -0.2) is 4.98 Å². The van der Waals surface area contributed by atoms with E-state index in [2.05, 4.69) is 31.2 Å². The van der Waals surface area contributed by atoms with Gasteiger partial charge in [-0.1, -0.05) is 32.9 Å². The van der Waals surface area contributed by atoms with Gasteiger partial charge in [0, 0.05) is 5.39 Å². The van der Waals surface area contributed by atoms with Crippen molar-refractivity contribution in [1.82, 2.24) is 4.98 Å². The van der Waals surface area contributed by atoms with Crippen LogP contribution in [0.2, 0.25) is 0 Å². The molecule has 18 heavy (non-hydrogen) atoms. The number of nitrogens with two attached hydrogens (primary N) is 1. The van der Waals surface area contributed by atoms with Crippen molar-refractivity contribution < 1.29 is 4.39 Å². The number of nitrogen functional groups attached to an aromatic ring is 1. The van der Waals surface area contributed by atoms with Crippen LogP contribution in [0, 0.1) is 11.2 Å². The Hall–Kier alpha value is -1.68. The summed E-state index contributed by atoms with van der Waals surface area (Å²) in [5.74, 6) is 5.22. The van der Waals surface area contributed by atoms with Gasteiger partial charge in [-0.05, 0) is 24.0 Å². The number of nitrogens with one attached hydrogen (secondary N) is 1. The number of halogens is 1. The van der Waals surface area contributed by atoms with Crippen molar-refractivity contribution >= 4 is 16.6 Å². The Labute approximate surface area is 106 Å². The second kappa shape index (κ2) is 4.53. The Kier molecular flexibility index (Phi) is 3.22. The van der Waals surface area contributed by atoms with Gasteiger partial charge in [-0.25, -0.2) is 9.37 Å². The lowest BCUT2D eigenvalue weighted by Gasteiger charge is -2.20. The van der Waals surface area contributed by atoms with E-state index in [0.717, 1.165) is 23.2 Å². The summed E-state index contributed by atoms with van der Waals surface area (Å²) >= 11 is 0. The van der Waals surface area contributed by atoms with E-state index >= 15 is 0 Å². The second-order valence-electron chi connectivity index (χ2n) is 5.68. The van der Waals surface area contributed by atoms with E-state index in [1.54, 1.807) is 6.07 Å². The number of rotatable bonds is 2. The Morgan fingerprint density at radius 3 is 2.67 bits per heavy atom. The van der Waals surface area contributed by atoms with Crippen LogP contribution in [0.15, 0.2) is 24.3 Å². The highest BCUT2D eigenvalue weighted by Crippen LogP contribution is 2.27. The number of nitrogens with zero attached hydrogens (tertiary/aromatic N) is 1. The molecule has 0 aliphatic carbocycles. The molecular weight excluding hydrogens is 229 g/mol. The highest BCUT2D eigenvalue weighted by atomic mass is 19.1. The molecule has 0 bridgehead atoms. The SMILES string of the molecule is CC(C)(C)Cc1nc2c(F)cccc2cc1NN. The molecule has 0 saturated carbocycles. The molecule has 0 atom stereocenters. The average Bonchev–Trinajstić information content (AvgIpc) is 2.27. The lowest BCUT2D eigenvalue weighted by Crippen LogP contribution is -2.16. The minimum absolute atomic E-state index is 0.0670. The predicted molar refractivity (Wildman–Crippen MR) is 72.7 cm³/mol. The van der Waals surface area contributed by atoms with Gasteiger partial charge in [-0.3, -0.25) is 5.84 Å². The van der Waals surface area contributed by atoms with Crippen molar-refractivity contribution in [1.29, 1.82) is 0 Å². The molecule has 1 aromatic carbocycles. The molecule has 0 amide bonds. The summed E-state index contributed by atoms with van der Waals surface area (Å²) < 4.78 is 13.7. The first-order valence-corrected chi connectivity index (χ1v) is 5.95. The second-order valence-corrected chi connectivity index (χ2v) is 5.68. The molecule has 3 nitrogen and oxygen atoms in total. The average molecular weight is 247 g/mol. The van der Waals surface area contributed by atoms with Crippen LogP contribution >= 0.6 is 0 Å². The Balaban J connectivity index is 2.60. The van der Waals surface area contributed by atoms with Crippen molar-refractivity contribution in [2.75, 3.05) is 5.43 Å². The zero-order chi connectivity index (χ0) is 13.3. The molecule has 1 aromatic heterocycles. The molecule has 3 N–H and O–H groups in total. The maximum absolute atomic E-state index is 13.7. The molecule has 0 saturated heterocycles. The molecule has 1 heterocycles. The molecule has 0 radical (unpaired) electrons. The first-order valence-electron chi connectivity index (χ1n) is 5.95. The lowest BCUT2D eigenvalue weighted by molar-refractivity contribution is 0.407. The van der Waals surface area contributed by atoms with Gasteiger partial charge in [0.25, 0.3) is 0 Å². The van der Waals surface area contributed by atoms with Crippen LogP contribution in [0.25, 0.3) is 10.9 Å². The van der Waals surface area contributed by atoms with Crippen LogP contribution in [0.1, 0.15) is 26.5 Å². The number of pyridine rings is 1. The fourth-order valence-electron chi connectivity index (χ4n) is 1.96. The van der Waals surface area contributed by atoms with Gasteiger partial charge in [-0.15, -0.1) is 0 Å². The first kappa shape index (κ1) is 12.8. The number of hydrazine groups is 1. The predicted octanol–water partition coefficient (Wildman–Crippen LogP) is 3.25. The normalized spacial score (nSPS) is 11.8. The molecule has 2 rings (SSSR count). The van der Waals surface area contributed by atoms with E-state index in [4.69, 9.17) is 5.84 Å². The van der Waals surface area contributed by atoms with Gasteiger partial charge in [0.1, 0.15) is 11.3 Å². The standard InChI is InChI=1S/C14H18FN3/c1-14(2,3)8-12-11(18-16)7-9-5-4-6-10(15)13(9)17-12/h4-7,18H,8,16H2,1-3H3. The Morgan fingerprint density at radius 2 is 2.06 bits per heavy atom. The summed E-state index contributed by atoms with van der Waals surface area (Å²) in [6.45, 7) is 6.33. The number of hydrogen-bond acceptors (Lipinski definition) is 3. The van der Waals surface area contributed by atoms with Crippen LogP contribution in [0.3, 0.4) is 0 Å². The maximum atomic E-state index is 13.7. The van der Waals surface area contributed by atoms with Gasteiger partial charge in [0.05, 0.1) is 11.4 Å². The van der Waals surface area contributed by atoms with Crippen molar-refractivity contribution in [3.8, 4) is 0 Å². The zero-order valence-electron chi connectivity index (χ0n) is 10.9. The Bertz CT molecular complexity index is 573. The van der Waals surface area contributed by atoms with E-state index in [9.17, 15) is 4.39 Å². The number of hydrogen-bond donors (Lipinski definition) is 2. The number of benzene rings is 1. The molecule has 0 aliphatic heterocycles. The highest BCUT2D eigenvalue weighted by molar-refractivity contribution is 5.83. The summed E-state index contributed by atoms with van der Waals surface area (Å²) in [7, 11) is 0. The van der Waals surface area contributed by atoms with Crippen LogP contribution in [0.4, 0.5) is 10.1 Å². The smallest absolute Gasteiger partial charge is 0.149 e.